The zero-order valence-corrected chi connectivity index (χ0v) is 11.2. The molecule has 0 radical (unpaired) electrons. The second-order valence-electron chi connectivity index (χ2n) is 4.79. The summed E-state index contributed by atoms with van der Waals surface area (Å²) in [5.74, 6) is 2.20. The van der Waals surface area contributed by atoms with E-state index < -0.39 is 0 Å². The van der Waals surface area contributed by atoms with Gasteiger partial charge >= 0.3 is 0 Å². The number of benzene rings is 2. The molecule has 0 amide bonds. The molecule has 104 valence electrons. The van der Waals surface area contributed by atoms with E-state index in [1.54, 1.807) is 0 Å². The zero-order chi connectivity index (χ0) is 14.1. The number of nitrogens with zero attached hydrogens (tertiary/aromatic N) is 2. The Morgan fingerprint density at radius 1 is 1.05 bits per heavy atom. The first-order valence-corrected chi connectivity index (χ1v) is 6.73. The molecule has 5 heteroatoms. The highest BCUT2D eigenvalue weighted by Crippen LogP contribution is 2.32. The Balaban J connectivity index is 1.52. The summed E-state index contributed by atoms with van der Waals surface area (Å²) in [4.78, 5) is 8.80. The van der Waals surface area contributed by atoms with E-state index in [4.69, 9.17) is 9.47 Å². The molecular weight excluding hydrogens is 266 g/mol. The van der Waals surface area contributed by atoms with Crippen LogP contribution in [0.15, 0.2) is 48.7 Å². The summed E-state index contributed by atoms with van der Waals surface area (Å²) in [6.45, 7) is 0.926. The summed E-state index contributed by atoms with van der Waals surface area (Å²) in [7, 11) is 0. The minimum absolute atomic E-state index is 0.292. The van der Waals surface area contributed by atoms with Gasteiger partial charge in [0.05, 0.1) is 5.52 Å². The van der Waals surface area contributed by atoms with Crippen molar-refractivity contribution < 1.29 is 9.47 Å². The maximum absolute atomic E-state index is 5.37. The van der Waals surface area contributed by atoms with Crippen molar-refractivity contribution in [2.24, 2.45) is 0 Å². The number of nitrogens with one attached hydrogen (secondary N) is 1. The van der Waals surface area contributed by atoms with Gasteiger partial charge in [-0.2, -0.15) is 0 Å². The van der Waals surface area contributed by atoms with Gasteiger partial charge < -0.3 is 14.8 Å². The number of fused-ring (bicyclic) bond motifs is 2. The first-order chi connectivity index (χ1) is 10.4. The normalized spacial score (nSPS) is 12.6. The second-order valence-corrected chi connectivity index (χ2v) is 4.79. The number of aromatic nitrogens is 2. The maximum atomic E-state index is 5.37. The Morgan fingerprint density at radius 3 is 2.95 bits per heavy atom. The van der Waals surface area contributed by atoms with Crippen molar-refractivity contribution in [3.63, 3.8) is 0 Å². The fraction of sp³-hybridized carbons (Fsp3) is 0.125. The molecule has 2 heterocycles. The van der Waals surface area contributed by atoms with Crippen LogP contribution >= 0.6 is 0 Å². The van der Waals surface area contributed by atoms with E-state index in [2.05, 4.69) is 15.3 Å². The lowest BCUT2D eigenvalue weighted by Gasteiger charge is -2.06. The van der Waals surface area contributed by atoms with E-state index in [0.717, 1.165) is 28.0 Å². The van der Waals surface area contributed by atoms with Crippen LogP contribution < -0.4 is 14.8 Å². The predicted molar refractivity (Wildman–Crippen MR) is 79.4 cm³/mol. The first kappa shape index (κ1) is 12.0. The van der Waals surface area contributed by atoms with Crippen molar-refractivity contribution in [1.29, 1.82) is 0 Å². The fourth-order valence-electron chi connectivity index (χ4n) is 2.29. The van der Waals surface area contributed by atoms with Crippen LogP contribution in [-0.2, 0) is 6.54 Å². The van der Waals surface area contributed by atoms with Gasteiger partial charge in [0.2, 0.25) is 12.7 Å². The Morgan fingerprint density at radius 2 is 1.95 bits per heavy atom. The molecule has 0 unspecified atom stereocenters. The molecule has 21 heavy (non-hydrogen) atoms. The maximum Gasteiger partial charge on any atom is 0.231 e. The molecule has 5 nitrogen and oxygen atoms in total. The molecular formula is C16H13N3O2. The number of anilines is 1. The summed E-state index contributed by atoms with van der Waals surface area (Å²) in [6, 6.07) is 13.8. The standard InChI is InChI=1S/C16H13N3O2/c1-2-4-13-12(3-1)9-18-16(19-13)17-8-11-5-6-14-15(7-11)21-10-20-14/h1-7,9H,8,10H2,(H,17,18,19). The third-order valence-electron chi connectivity index (χ3n) is 3.38. The van der Waals surface area contributed by atoms with E-state index in [9.17, 15) is 0 Å². The van der Waals surface area contributed by atoms with Gasteiger partial charge in [-0.05, 0) is 23.8 Å². The van der Waals surface area contributed by atoms with Gasteiger partial charge in [-0.3, -0.25) is 0 Å². The number of rotatable bonds is 3. The van der Waals surface area contributed by atoms with E-state index in [1.165, 1.54) is 0 Å². The Bertz CT molecular complexity index is 804. The lowest BCUT2D eigenvalue weighted by Crippen LogP contribution is -2.03. The van der Waals surface area contributed by atoms with Crippen LogP contribution in [0.3, 0.4) is 0 Å². The van der Waals surface area contributed by atoms with Crippen LogP contribution in [0.2, 0.25) is 0 Å². The quantitative estimate of drug-likeness (QED) is 0.798. The summed E-state index contributed by atoms with van der Waals surface area (Å²) in [5.41, 5.74) is 2.02. The number of para-hydroxylation sites is 1. The molecule has 2 aromatic carbocycles. The third kappa shape index (κ3) is 2.33. The molecule has 0 spiro atoms. The lowest BCUT2D eigenvalue weighted by molar-refractivity contribution is 0.174. The Hall–Kier alpha value is -2.82. The van der Waals surface area contributed by atoms with Crippen molar-refractivity contribution in [3.05, 3.63) is 54.2 Å². The molecule has 0 saturated carbocycles. The van der Waals surface area contributed by atoms with E-state index >= 15 is 0 Å². The SMILES string of the molecule is c1ccc2nc(NCc3ccc4c(c3)OCO4)ncc2c1. The lowest BCUT2D eigenvalue weighted by atomic mass is 10.2. The number of hydrogen-bond donors (Lipinski definition) is 1. The van der Waals surface area contributed by atoms with Crippen molar-refractivity contribution >= 4 is 16.9 Å². The van der Waals surface area contributed by atoms with E-state index in [-0.39, 0.29) is 0 Å². The molecule has 0 aliphatic carbocycles. The molecule has 0 fully saturated rings. The van der Waals surface area contributed by atoms with Crippen LogP contribution in [0.1, 0.15) is 5.56 Å². The summed E-state index contributed by atoms with van der Waals surface area (Å²) in [5, 5.41) is 4.26. The van der Waals surface area contributed by atoms with Crippen LogP contribution in [-0.4, -0.2) is 16.8 Å². The largest absolute Gasteiger partial charge is 0.454 e. The first-order valence-electron chi connectivity index (χ1n) is 6.73. The molecule has 4 rings (SSSR count). The topological polar surface area (TPSA) is 56.3 Å². The summed E-state index contributed by atoms with van der Waals surface area (Å²) < 4.78 is 10.7. The van der Waals surface area contributed by atoms with Gasteiger partial charge in [0, 0.05) is 18.1 Å². The van der Waals surface area contributed by atoms with Crippen LogP contribution in [0, 0.1) is 0 Å². The Kier molecular flexibility index (Phi) is 2.81. The molecule has 0 atom stereocenters. The van der Waals surface area contributed by atoms with Gasteiger partial charge in [-0.1, -0.05) is 24.3 Å². The average molecular weight is 279 g/mol. The van der Waals surface area contributed by atoms with E-state index in [0.29, 0.717) is 19.3 Å². The minimum Gasteiger partial charge on any atom is -0.454 e. The monoisotopic (exact) mass is 279 g/mol. The highest BCUT2D eigenvalue weighted by Gasteiger charge is 2.13. The predicted octanol–water partition coefficient (Wildman–Crippen LogP) is 2.97. The van der Waals surface area contributed by atoms with Crippen molar-refractivity contribution in [2.75, 3.05) is 12.1 Å². The van der Waals surface area contributed by atoms with Crippen molar-refractivity contribution in [1.82, 2.24) is 9.97 Å². The van der Waals surface area contributed by atoms with Crippen LogP contribution in [0.25, 0.3) is 10.9 Å². The van der Waals surface area contributed by atoms with Crippen molar-refractivity contribution in [2.45, 2.75) is 6.54 Å². The molecule has 1 aliphatic rings. The zero-order valence-electron chi connectivity index (χ0n) is 11.2. The van der Waals surface area contributed by atoms with Gasteiger partial charge in [0.1, 0.15) is 0 Å². The number of ether oxygens (including phenoxy) is 2. The molecule has 1 N–H and O–H groups in total. The molecule has 0 bridgehead atoms. The van der Waals surface area contributed by atoms with Gasteiger partial charge in [-0.25, -0.2) is 9.97 Å². The number of hydrogen-bond acceptors (Lipinski definition) is 5. The third-order valence-corrected chi connectivity index (χ3v) is 3.38. The molecule has 3 aromatic rings. The van der Waals surface area contributed by atoms with Crippen molar-refractivity contribution in [3.8, 4) is 11.5 Å². The summed E-state index contributed by atoms with van der Waals surface area (Å²) in [6.07, 6.45) is 1.82. The Labute approximate surface area is 121 Å². The van der Waals surface area contributed by atoms with Crippen LogP contribution in [0.5, 0.6) is 11.5 Å². The highest BCUT2D eigenvalue weighted by molar-refractivity contribution is 5.78. The smallest absolute Gasteiger partial charge is 0.231 e. The molecule has 1 aliphatic heterocycles. The summed E-state index contributed by atoms with van der Waals surface area (Å²) >= 11 is 0. The average Bonchev–Trinajstić information content (AvgIpc) is 3.00. The van der Waals surface area contributed by atoms with Gasteiger partial charge in [0.15, 0.2) is 11.5 Å². The van der Waals surface area contributed by atoms with Gasteiger partial charge in [0.25, 0.3) is 0 Å². The highest BCUT2D eigenvalue weighted by atomic mass is 16.7. The fourth-order valence-corrected chi connectivity index (χ4v) is 2.29. The minimum atomic E-state index is 0.292. The van der Waals surface area contributed by atoms with E-state index in [1.807, 2.05) is 48.7 Å². The van der Waals surface area contributed by atoms with Crippen LogP contribution in [0.4, 0.5) is 5.95 Å². The molecule has 1 aromatic heterocycles. The second kappa shape index (κ2) is 4.94. The molecule has 0 saturated heterocycles. The van der Waals surface area contributed by atoms with Gasteiger partial charge in [-0.15, -0.1) is 0 Å².